The van der Waals surface area contributed by atoms with Gasteiger partial charge in [0.05, 0.1) is 5.69 Å². The molecule has 0 spiro atoms. The maximum atomic E-state index is 12.0. The summed E-state index contributed by atoms with van der Waals surface area (Å²) in [5.74, 6) is -0.315. The van der Waals surface area contributed by atoms with Gasteiger partial charge in [-0.1, -0.05) is 0 Å². The Balaban J connectivity index is 2.19. The van der Waals surface area contributed by atoms with Crippen LogP contribution in [0.1, 0.15) is 23.1 Å². The molecular formula is C12H15N5O. The van der Waals surface area contributed by atoms with Crippen LogP contribution in [0, 0.1) is 6.92 Å². The van der Waals surface area contributed by atoms with Gasteiger partial charge in [-0.2, -0.15) is 5.10 Å². The van der Waals surface area contributed by atoms with Gasteiger partial charge in [-0.05, 0) is 26.0 Å². The largest absolute Gasteiger partial charge is 0.396 e. The summed E-state index contributed by atoms with van der Waals surface area (Å²) >= 11 is 0. The number of nitrogens with zero attached hydrogens (tertiary/aromatic N) is 3. The number of anilines is 2. The molecule has 0 bridgehead atoms. The van der Waals surface area contributed by atoms with E-state index >= 15 is 0 Å². The molecule has 0 atom stereocenters. The number of nitrogens with two attached hydrogens (primary N) is 1. The third-order valence-corrected chi connectivity index (χ3v) is 2.48. The fourth-order valence-corrected chi connectivity index (χ4v) is 1.59. The minimum absolute atomic E-state index is 0.242. The second-order valence-corrected chi connectivity index (χ2v) is 3.93. The Labute approximate surface area is 105 Å². The zero-order valence-corrected chi connectivity index (χ0v) is 10.3. The van der Waals surface area contributed by atoms with Crippen LogP contribution in [0.5, 0.6) is 0 Å². The molecule has 0 saturated carbocycles. The van der Waals surface area contributed by atoms with Crippen molar-refractivity contribution in [3.05, 3.63) is 35.9 Å². The first-order valence-corrected chi connectivity index (χ1v) is 5.67. The van der Waals surface area contributed by atoms with Crippen LogP contribution >= 0.6 is 0 Å². The van der Waals surface area contributed by atoms with Crippen LogP contribution in [0.2, 0.25) is 0 Å². The molecule has 2 heterocycles. The second kappa shape index (κ2) is 4.87. The highest BCUT2D eigenvalue weighted by Gasteiger charge is 2.14. The summed E-state index contributed by atoms with van der Waals surface area (Å²) in [7, 11) is 0. The summed E-state index contributed by atoms with van der Waals surface area (Å²) in [6.45, 7) is 4.46. The average molecular weight is 245 g/mol. The first kappa shape index (κ1) is 12.1. The van der Waals surface area contributed by atoms with Crippen molar-refractivity contribution in [2.45, 2.75) is 20.4 Å². The summed E-state index contributed by atoms with van der Waals surface area (Å²) in [5, 5.41) is 6.85. The third-order valence-electron chi connectivity index (χ3n) is 2.48. The monoisotopic (exact) mass is 245 g/mol. The van der Waals surface area contributed by atoms with E-state index in [-0.39, 0.29) is 11.6 Å². The van der Waals surface area contributed by atoms with Gasteiger partial charge in [0.1, 0.15) is 0 Å². The summed E-state index contributed by atoms with van der Waals surface area (Å²) in [4.78, 5) is 16.0. The molecule has 3 N–H and O–H groups in total. The number of pyridine rings is 1. The number of hydrogen-bond acceptors (Lipinski definition) is 4. The molecule has 0 unspecified atom stereocenters. The van der Waals surface area contributed by atoms with Crippen LogP contribution in [0.3, 0.4) is 0 Å². The normalized spacial score (nSPS) is 10.3. The fraction of sp³-hybridized carbons (Fsp3) is 0.250. The van der Waals surface area contributed by atoms with E-state index in [0.717, 1.165) is 5.69 Å². The second-order valence-electron chi connectivity index (χ2n) is 3.93. The van der Waals surface area contributed by atoms with Gasteiger partial charge in [-0.3, -0.25) is 14.5 Å². The molecule has 0 fully saturated rings. The van der Waals surface area contributed by atoms with Crippen molar-refractivity contribution in [1.29, 1.82) is 0 Å². The van der Waals surface area contributed by atoms with E-state index < -0.39 is 0 Å². The van der Waals surface area contributed by atoms with Crippen LogP contribution in [-0.4, -0.2) is 20.7 Å². The summed E-state index contributed by atoms with van der Waals surface area (Å²) in [6, 6.07) is 3.50. The molecule has 0 aromatic carbocycles. The van der Waals surface area contributed by atoms with Gasteiger partial charge in [-0.15, -0.1) is 0 Å². The fourth-order valence-electron chi connectivity index (χ4n) is 1.59. The van der Waals surface area contributed by atoms with Crippen LogP contribution < -0.4 is 11.1 Å². The summed E-state index contributed by atoms with van der Waals surface area (Å²) < 4.78 is 1.63. The van der Waals surface area contributed by atoms with Crippen LogP contribution in [0.25, 0.3) is 0 Å². The van der Waals surface area contributed by atoms with Crippen molar-refractivity contribution in [3.63, 3.8) is 0 Å². The van der Waals surface area contributed by atoms with E-state index in [1.807, 2.05) is 13.8 Å². The number of nitrogens with one attached hydrogen (secondary N) is 1. The Morgan fingerprint density at radius 1 is 1.56 bits per heavy atom. The Morgan fingerprint density at radius 2 is 2.33 bits per heavy atom. The number of carbonyl (C=O) groups excluding carboxylic acids is 1. The van der Waals surface area contributed by atoms with E-state index in [2.05, 4.69) is 15.4 Å². The number of aromatic nitrogens is 3. The lowest BCUT2D eigenvalue weighted by Crippen LogP contribution is -2.15. The molecule has 94 valence electrons. The third kappa shape index (κ3) is 2.48. The molecule has 18 heavy (non-hydrogen) atoms. The summed E-state index contributed by atoms with van der Waals surface area (Å²) in [6.07, 6.45) is 3.28. The number of hydrogen-bond donors (Lipinski definition) is 2. The first-order valence-electron chi connectivity index (χ1n) is 5.67. The number of amides is 1. The highest BCUT2D eigenvalue weighted by Crippen LogP contribution is 2.13. The van der Waals surface area contributed by atoms with Crippen molar-refractivity contribution in [1.82, 2.24) is 14.8 Å². The predicted molar refractivity (Wildman–Crippen MR) is 69.2 cm³/mol. The quantitative estimate of drug-likeness (QED) is 0.856. The molecule has 0 aliphatic heterocycles. The van der Waals surface area contributed by atoms with Crippen molar-refractivity contribution < 1.29 is 4.79 Å². The zero-order valence-electron chi connectivity index (χ0n) is 10.3. The highest BCUT2D eigenvalue weighted by molar-refractivity contribution is 6.06. The molecule has 0 aliphatic rings. The standard InChI is InChI=1S/C12H15N5O/c1-3-17-7-10(13)11(16-17)12(18)15-9-4-5-14-8(2)6-9/h4-7H,3,13H2,1-2H3,(H,14,15,18). The molecule has 2 rings (SSSR count). The van der Waals surface area contributed by atoms with Crippen molar-refractivity contribution >= 4 is 17.3 Å². The average Bonchev–Trinajstić information content (AvgIpc) is 2.70. The van der Waals surface area contributed by atoms with Crippen molar-refractivity contribution in [2.75, 3.05) is 11.1 Å². The lowest BCUT2D eigenvalue weighted by molar-refractivity contribution is 0.102. The van der Waals surface area contributed by atoms with Crippen LogP contribution in [-0.2, 0) is 6.54 Å². The Kier molecular flexibility index (Phi) is 3.27. The Hall–Kier alpha value is -2.37. The van der Waals surface area contributed by atoms with Gasteiger partial charge in [0.2, 0.25) is 0 Å². The van der Waals surface area contributed by atoms with Gasteiger partial charge in [0.25, 0.3) is 5.91 Å². The number of nitrogen functional groups attached to an aromatic ring is 1. The Bertz CT molecular complexity index is 576. The minimum Gasteiger partial charge on any atom is -0.396 e. The van der Waals surface area contributed by atoms with E-state index in [1.165, 1.54) is 0 Å². The molecule has 6 heteroatoms. The maximum Gasteiger partial charge on any atom is 0.278 e. The van der Waals surface area contributed by atoms with Gasteiger partial charge in [-0.25, -0.2) is 0 Å². The molecule has 0 saturated heterocycles. The van der Waals surface area contributed by atoms with E-state index in [4.69, 9.17) is 5.73 Å². The maximum absolute atomic E-state index is 12.0. The number of carbonyl (C=O) groups is 1. The first-order chi connectivity index (χ1) is 8.60. The van der Waals surface area contributed by atoms with Gasteiger partial charge in [0.15, 0.2) is 5.69 Å². The molecular weight excluding hydrogens is 230 g/mol. The smallest absolute Gasteiger partial charge is 0.278 e. The van der Waals surface area contributed by atoms with Gasteiger partial charge in [0, 0.05) is 30.3 Å². The van der Waals surface area contributed by atoms with Crippen LogP contribution in [0.4, 0.5) is 11.4 Å². The lowest BCUT2D eigenvalue weighted by Gasteiger charge is -2.04. The van der Waals surface area contributed by atoms with E-state index in [0.29, 0.717) is 17.9 Å². The van der Waals surface area contributed by atoms with Gasteiger partial charge < -0.3 is 11.1 Å². The molecule has 2 aromatic rings. The minimum atomic E-state index is -0.315. The predicted octanol–water partition coefficient (Wildman–Crippen LogP) is 1.44. The SMILES string of the molecule is CCn1cc(N)c(C(=O)Nc2ccnc(C)c2)n1. The highest BCUT2D eigenvalue weighted by atomic mass is 16.2. The molecule has 0 radical (unpaired) electrons. The number of rotatable bonds is 3. The van der Waals surface area contributed by atoms with E-state index in [9.17, 15) is 4.79 Å². The molecule has 0 aliphatic carbocycles. The molecule has 6 nitrogen and oxygen atoms in total. The topological polar surface area (TPSA) is 85.8 Å². The summed E-state index contributed by atoms with van der Waals surface area (Å²) in [5.41, 5.74) is 7.87. The van der Waals surface area contributed by atoms with Gasteiger partial charge >= 0.3 is 0 Å². The molecule has 1 amide bonds. The number of aryl methyl sites for hydroxylation is 2. The molecule has 2 aromatic heterocycles. The zero-order chi connectivity index (χ0) is 13.1. The van der Waals surface area contributed by atoms with Crippen LogP contribution in [0.15, 0.2) is 24.5 Å². The van der Waals surface area contributed by atoms with Crippen molar-refractivity contribution in [2.24, 2.45) is 0 Å². The lowest BCUT2D eigenvalue weighted by atomic mass is 10.3. The Morgan fingerprint density at radius 3 is 2.94 bits per heavy atom. The van der Waals surface area contributed by atoms with Crippen molar-refractivity contribution in [3.8, 4) is 0 Å². The van der Waals surface area contributed by atoms with E-state index in [1.54, 1.807) is 29.2 Å².